The minimum absolute atomic E-state index is 0.0274. The summed E-state index contributed by atoms with van der Waals surface area (Å²) in [6.07, 6.45) is 0.320. The Morgan fingerprint density at radius 1 is 1.13 bits per heavy atom. The number of aromatic hydroxyl groups is 1. The molecule has 7 nitrogen and oxygen atoms in total. The number of ketones is 1. The molecule has 1 N–H and O–H groups in total. The van der Waals surface area contributed by atoms with Crippen molar-refractivity contribution in [2.45, 2.75) is 18.5 Å². The van der Waals surface area contributed by atoms with Crippen LogP contribution in [-0.4, -0.2) is 40.4 Å². The fourth-order valence-corrected chi connectivity index (χ4v) is 3.86. The number of para-hydroxylation sites is 2. The van der Waals surface area contributed by atoms with E-state index in [1.165, 1.54) is 18.8 Å². The van der Waals surface area contributed by atoms with Gasteiger partial charge in [0, 0.05) is 5.56 Å². The first-order valence-corrected chi connectivity index (χ1v) is 10.3. The Labute approximate surface area is 178 Å². The number of aromatic nitrogens is 2. The molecule has 2 aromatic carbocycles. The van der Waals surface area contributed by atoms with Crippen molar-refractivity contribution in [2.24, 2.45) is 0 Å². The summed E-state index contributed by atoms with van der Waals surface area (Å²) in [7, 11) is 3.05. The van der Waals surface area contributed by atoms with Crippen molar-refractivity contribution in [3.05, 3.63) is 70.0 Å². The summed E-state index contributed by atoms with van der Waals surface area (Å²) in [6, 6.07) is 13.9. The number of benzene rings is 2. The molecule has 0 radical (unpaired) electrons. The van der Waals surface area contributed by atoms with Crippen LogP contribution >= 0.6 is 11.8 Å². The third-order valence-electron chi connectivity index (χ3n) is 4.53. The van der Waals surface area contributed by atoms with E-state index in [0.29, 0.717) is 29.2 Å². The second kappa shape index (κ2) is 9.49. The summed E-state index contributed by atoms with van der Waals surface area (Å²) in [5.41, 5.74) is 0.779. The smallest absolute Gasteiger partial charge is 0.265 e. The van der Waals surface area contributed by atoms with E-state index in [9.17, 15) is 14.7 Å². The van der Waals surface area contributed by atoms with Gasteiger partial charge in [0.05, 0.1) is 31.2 Å². The number of hydrogen-bond donors (Lipinski definition) is 1. The van der Waals surface area contributed by atoms with Crippen LogP contribution in [0.4, 0.5) is 0 Å². The molecule has 30 heavy (non-hydrogen) atoms. The van der Waals surface area contributed by atoms with Crippen LogP contribution in [-0.2, 0) is 6.42 Å². The number of methoxy groups -OCH3 is 2. The molecular weight excluding hydrogens is 404 g/mol. The van der Waals surface area contributed by atoms with E-state index >= 15 is 0 Å². The van der Waals surface area contributed by atoms with Crippen molar-refractivity contribution < 1.29 is 19.4 Å². The molecule has 3 rings (SSSR count). The lowest BCUT2D eigenvalue weighted by atomic mass is 10.1. The summed E-state index contributed by atoms with van der Waals surface area (Å²) < 4.78 is 11.9. The second-order valence-corrected chi connectivity index (χ2v) is 7.25. The number of carbonyl (C=O) groups is 1. The summed E-state index contributed by atoms with van der Waals surface area (Å²) in [4.78, 5) is 30.0. The zero-order chi connectivity index (χ0) is 21.7. The number of rotatable bonds is 8. The topological polar surface area (TPSA) is 90.7 Å². The first-order chi connectivity index (χ1) is 14.5. The second-order valence-electron chi connectivity index (χ2n) is 6.31. The highest BCUT2D eigenvalue weighted by molar-refractivity contribution is 7.99. The van der Waals surface area contributed by atoms with Crippen molar-refractivity contribution >= 4 is 17.5 Å². The average molecular weight is 426 g/mol. The van der Waals surface area contributed by atoms with Crippen LogP contribution in [0.2, 0.25) is 0 Å². The SMILES string of the molecule is CCc1c(O)nc(SCC(=O)c2cccc(OC)c2)n(-c2ccccc2OC)c1=O. The average Bonchev–Trinajstić information content (AvgIpc) is 2.77. The molecule has 156 valence electrons. The highest BCUT2D eigenvalue weighted by Crippen LogP contribution is 2.28. The third-order valence-corrected chi connectivity index (χ3v) is 5.47. The molecule has 0 aliphatic heterocycles. The zero-order valence-corrected chi connectivity index (χ0v) is 17.7. The third kappa shape index (κ3) is 4.33. The van der Waals surface area contributed by atoms with E-state index in [-0.39, 0.29) is 28.1 Å². The van der Waals surface area contributed by atoms with Gasteiger partial charge in [0.2, 0.25) is 5.88 Å². The van der Waals surface area contributed by atoms with Gasteiger partial charge >= 0.3 is 0 Å². The fraction of sp³-hybridized carbons (Fsp3) is 0.227. The van der Waals surface area contributed by atoms with Crippen molar-refractivity contribution in [3.8, 4) is 23.1 Å². The number of Topliss-reactive ketones (excluding diaryl/α,β-unsaturated/α-hetero) is 1. The van der Waals surface area contributed by atoms with Gasteiger partial charge in [-0.3, -0.25) is 14.2 Å². The lowest BCUT2D eigenvalue weighted by molar-refractivity contribution is 0.102. The Bertz CT molecular complexity index is 1130. The van der Waals surface area contributed by atoms with Crippen LogP contribution in [0, 0.1) is 0 Å². The van der Waals surface area contributed by atoms with Gasteiger partial charge < -0.3 is 14.6 Å². The molecule has 0 unspecified atom stereocenters. The Balaban J connectivity index is 2.02. The molecule has 3 aromatic rings. The molecule has 0 atom stereocenters. The van der Waals surface area contributed by atoms with E-state index in [2.05, 4.69) is 4.98 Å². The zero-order valence-electron chi connectivity index (χ0n) is 16.9. The molecule has 0 saturated carbocycles. The first kappa shape index (κ1) is 21.4. The predicted molar refractivity (Wildman–Crippen MR) is 115 cm³/mol. The maximum atomic E-state index is 13.1. The summed E-state index contributed by atoms with van der Waals surface area (Å²) in [5, 5.41) is 10.5. The number of hydrogen-bond acceptors (Lipinski definition) is 7. The Hall–Kier alpha value is -3.26. The highest BCUT2D eigenvalue weighted by atomic mass is 32.2. The minimum Gasteiger partial charge on any atom is -0.497 e. The minimum atomic E-state index is -0.397. The van der Waals surface area contributed by atoms with Gasteiger partial charge in [-0.1, -0.05) is 43.0 Å². The molecule has 0 saturated heterocycles. The van der Waals surface area contributed by atoms with E-state index in [0.717, 1.165) is 11.8 Å². The van der Waals surface area contributed by atoms with Gasteiger partial charge in [0.15, 0.2) is 10.9 Å². The summed E-state index contributed by atoms with van der Waals surface area (Å²) in [5.74, 6) is 0.610. The Morgan fingerprint density at radius 3 is 2.60 bits per heavy atom. The molecule has 0 aliphatic rings. The van der Waals surface area contributed by atoms with Crippen LogP contribution in [0.1, 0.15) is 22.8 Å². The molecular formula is C22H22N2O5S. The molecule has 1 aromatic heterocycles. The highest BCUT2D eigenvalue weighted by Gasteiger charge is 2.20. The van der Waals surface area contributed by atoms with Crippen LogP contribution in [0.3, 0.4) is 0 Å². The standard InChI is InChI=1S/C22H22N2O5S/c1-4-16-20(26)23-22(24(21(16)27)17-10-5-6-11-19(17)29-3)30-13-18(25)14-8-7-9-15(12-14)28-2/h5-12,26H,4,13H2,1-3H3. The fourth-order valence-electron chi connectivity index (χ4n) is 2.97. The van der Waals surface area contributed by atoms with E-state index < -0.39 is 5.56 Å². The van der Waals surface area contributed by atoms with E-state index in [1.807, 2.05) is 0 Å². The van der Waals surface area contributed by atoms with Gasteiger partial charge in [0.25, 0.3) is 5.56 Å². The van der Waals surface area contributed by atoms with E-state index in [4.69, 9.17) is 9.47 Å². The van der Waals surface area contributed by atoms with Crippen molar-refractivity contribution in [1.82, 2.24) is 9.55 Å². The summed E-state index contributed by atoms with van der Waals surface area (Å²) in [6.45, 7) is 1.77. The van der Waals surface area contributed by atoms with Crippen LogP contribution in [0.15, 0.2) is 58.5 Å². The number of ether oxygens (including phenoxy) is 2. The van der Waals surface area contributed by atoms with Crippen molar-refractivity contribution in [3.63, 3.8) is 0 Å². The molecule has 0 amide bonds. The predicted octanol–water partition coefficient (Wildman–Crippen LogP) is 3.49. The van der Waals surface area contributed by atoms with Crippen molar-refractivity contribution in [1.29, 1.82) is 0 Å². The molecule has 0 spiro atoms. The monoisotopic (exact) mass is 426 g/mol. The number of thioether (sulfide) groups is 1. The lowest BCUT2D eigenvalue weighted by Crippen LogP contribution is -2.25. The van der Waals surface area contributed by atoms with Gasteiger partial charge in [-0.25, -0.2) is 0 Å². The van der Waals surface area contributed by atoms with Crippen LogP contribution < -0.4 is 15.0 Å². The Morgan fingerprint density at radius 2 is 1.90 bits per heavy atom. The number of nitrogens with zero attached hydrogens (tertiary/aromatic N) is 2. The van der Waals surface area contributed by atoms with Gasteiger partial charge in [-0.15, -0.1) is 0 Å². The molecule has 1 heterocycles. The summed E-state index contributed by atoms with van der Waals surface area (Å²) >= 11 is 1.07. The van der Waals surface area contributed by atoms with Crippen molar-refractivity contribution in [2.75, 3.05) is 20.0 Å². The van der Waals surface area contributed by atoms with Crippen LogP contribution in [0.25, 0.3) is 5.69 Å². The molecule has 0 aliphatic carbocycles. The molecule has 8 heteroatoms. The van der Waals surface area contributed by atoms with Gasteiger partial charge in [0.1, 0.15) is 11.5 Å². The lowest BCUT2D eigenvalue weighted by Gasteiger charge is -2.16. The van der Waals surface area contributed by atoms with Crippen LogP contribution in [0.5, 0.6) is 17.4 Å². The number of carbonyl (C=O) groups excluding carboxylic acids is 1. The quantitative estimate of drug-likeness (QED) is 0.335. The maximum Gasteiger partial charge on any atom is 0.265 e. The molecule has 0 bridgehead atoms. The molecule has 0 fully saturated rings. The first-order valence-electron chi connectivity index (χ1n) is 9.28. The van der Waals surface area contributed by atoms with Gasteiger partial charge in [-0.05, 0) is 30.7 Å². The van der Waals surface area contributed by atoms with E-state index in [1.54, 1.807) is 55.5 Å². The normalized spacial score (nSPS) is 10.6. The van der Waals surface area contributed by atoms with Gasteiger partial charge in [-0.2, -0.15) is 4.98 Å². The maximum absolute atomic E-state index is 13.1. The largest absolute Gasteiger partial charge is 0.497 e. The Kier molecular flexibility index (Phi) is 6.79.